The minimum atomic E-state index is -3.23. The van der Waals surface area contributed by atoms with Gasteiger partial charge >= 0.3 is 0 Å². The van der Waals surface area contributed by atoms with E-state index in [9.17, 15) is 17.6 Å². The number of nitrogens with zero attached hydrogens (tertiary/aromatic N) is 2. The number of ether oxygens (including phenoxy) is 2. The van der Waals surface area contributed by atoms with Crippen molar-refractivity contribution >= 4 is 15.7 Å². The van der Waals surface area contributed by atoms with Crippen LogP contribution in [0.15, 0.2) is 53.1 Å². The van der Waals surface area contributed by atoms with Gasteiger partial charge in [-0.2, -0.15) is 0 Å². The molecule has 2 aliphatic rings. The van der Waals surface area contributed by atoms with Gasteiger partial charge in [-0.3, -0.25) is 4.79 Å². The molecule has 0 N–H and O–H groups in total. The molecular weight excluding hydrogens is 451 g/mol. The minimum Gasteiger partial charge on any atom is -0.486 e. The summed E-state index contributed by atoms with van der Waals surface area (Å²) in [5.41, 5.74) is 1.41. The zero-order valence-corrected chi connectivity index (χ0v) is 18.4. The van der Waals surface area contributed by atoms with Crippen LogP contribution in [0.2, 0.25) is 0 Å². The fourth-order valence-electron chi connectivity index (χ4n) is 4.03. The number of halogens is 1. The first-order valence-corrected chi connectivity index (χ1v) is 12.3. The average Bonchev–Trinajstić information content (AvgIpc) is 3.44. The first kappa shape index (κ1) is 21.4. The van der Waals surface area contributed by atoms with Gasteiger partial charge in [0.2, 0.25) is 0 Å². The van der Waals surface area contributed by atoms with E-state index in [0.717, 1.165) is 0 Å². The van der Waals surface area contributed by atoms with Crippen LogP contribution in [-0.2, 0) is 16.4 Å². The minimum absolute atomic E-state index is 0.0200. The molecule has 1 unspecified atom stereocenters. The van der Waals surface area contributed by atoms with Crippen molar-refractivity contribution in [3.8, 4) is 22.8 Å². The third kappa shape index (κ3) is 4.56. The van der Waals surface area contributed by atoms with Crippen LogP contribution in [-0.4, -0.2) is 55.1 Å². The Labute approximate surface area is 189 Å². The monoisotopic (exact) mass is 472 g/mol. The van der Waals surface area contributed by atoms with Gasteiger partial charge in [-0.05, 0) is 42.3 Å². The van der Waals surface area contributed by atoms with Gasteiger partial charge < -0.3 is 18.9 Å². The summed E-state index contributed by atoms with van der Waals surface area (Å²) in [5.74, 6) is 0.649. The topological polar surface area (TPSA) is 98.9 Å². The van der Waals surface area contributed by atoms with Crippen LogP contribution >= 0.6 is 0 Å². The maximum absolute atomic E-state index is 13.4. The summed E-state index contributed by atoms with van der Waals surface area (Å²) in [6, 6.07) is 12.1. The summed E-state index contributed by atoms with van der Waals surface area (Å²) >= 11 is 0. The van der Waals surface area contributed by atoms with E-state index in [1.54, 1.807) is 30.3 Å². The number of hydrogen-bond acceptors (Lipinski definition) is 7. The smallest absolute Gasteiger partial charge is 0.276 e. The van der Waals surface area contributed by atoms with Crippen molar-refractivity contribution < 1.29 is 31.6 Å². The van der Waals surface area contributed by atoms with Gasteiger partial charge in [-0.1, -0.05) is 17.3 Å². The Morgan fingerprint density at radius 1 is 1.06 bits per heavy atom. The zero-order chi connectivity index (χ0) is 23.0. The second-order valence-electron chi connectivity index (χ2n) is 8.05. The maximum Gasteiger partial charge on any atom is 0.276 e. The predicted molar refractivity (Wildman–Crippen MR) is 116 cm³/mol. The second kappa shape index (κ2) is 8.51. The number of aromatic nitrogens is 1. The second-order valence-corrected chi connectivity index (χ2v) is 10.3. The molecule has 1 saturated heterocycles. The Balaban J connectivity index is 1.42. The van der Waals surface area contributed by atoms with Crippen LogP contribution in [0.4, 0.5) is 4.39 Å². The van der Waals surface area contributed by atoms with E-state index < -0.39 is 21.8 Å². The number of rotatable bonds is 5. The summed E-state index contributed by atoms with van der Waals surface area (Å²) in [5, 5.41) is 3.94. The van der Waals surface area contributed by atoms with Crippen molar-refractivity contribution in [3.63, 3.8) is 0 Å². The number of benzene rings is 2. The van der Waals surface area contributed by atoms with Crippen LogP contribution in [0.1, 0.15) is 22.5 Å². The summed E-state index contributed by atoms with van der Waals surface area (Å²) in [6.07, 6.45) is 0.335. The van der Waals surface area contributed by atoms with E-state index in [4.69, 9.17) is 14.0 Å². The van der Waals surface area contributed by atoms with Crippen molar-refractivity contribution in [2.45, 2.75) is 19.0 Å². The molecule has 0 radical (unpaired) electrons. The normalized spacial score (nSPS) is 18.8. The third-order valence-corrected chi connectivity index (χ3v) is 7.48. The van der Waals surface area contributed by atoms with Crippen LogP contribution in [0.5, 0.6) is 11.5 Å². The van der Waals surface area contributed by atoms with Crippen LogP contribution in [0, 0.1) is 5.82 Å². The molecule has 0 saturated carbocycles. The number of hydrogen-bond donors (Lipinski definition) is 0. The lowest BCUT2D eigenvalue weighted by Gasteiger charge is -2.27. The van der Waals surface area contributed by atoms with Crippen molar-refractivity contribution in [1.82, 2.24) is 10.1 Å². The first-order valence-electron chi connectivity index (χ1n) is 10.5. The maximum atomic E-state index is 13.4. The number of amides is 1. The van der Waals surface area contributed by atoms with E-state index in [1.165, 1.54) is 23.1 Å². The van der Waals surface area contributed by atoms with Gasteiger partial charge in [0.25, 0.3) is 5.91 Å². The van der Waals surface area contributed by atoms with Crippen molar-refractivity contribution in [2.24, 2.45) is 0 Å². The van der Waals surface area contributed by atoms with Gasteiger partial charge in [0, 0.05) is 24.2 Å². The molecular formula is C23H21FN2O6S. The van der Waals surface area contributed by atoms with Gasteiger partial charge in [-0.15, -0.1) is 0 Å². The molecule has 172 valence electrons. The molecule has 3 heterocycles. The molecule has 10 heteroatoms. The third-order valence-electron chi connectivity index (χ3n) is 5.73. The first-order chi connectivity index (χ1) is 15.9. The van der Waals surface area contributed by atoms with E-state index in [0.29, 0.717) is 48.0 Å². The Hall–Kier alpha value is -3.40. The summed E-state index contributed by atoms with van der Waals surface area (Å²) in [6.45, 7) is 1.05. The average molecular weight is 472 g/mol. The van der Waals surface area contributed by atoms with Gasteiger partial charge in [0.05, 0.1) is 11.5 Å². The molecule has 2 aromatic carbocycles. The van der Waals surface area contributed by atoms with Crippen molar-refractivity contribution in [2.75, 3.05) is 24.7 Å². The van der Waals surface area contributed by atoms with E-state index in [1.807, 2.05) is 0 Å². The Morgan fingerprint density at radius 2 is 1.82 bits per heavy atom. The molecule has 1 amide bonds. The molecule has 3 aromatic rings. The highest BCUT2D eigenvalue weighted by Gasteiger charge is 2.36. The van der Waals surface area contributed by atoms with Crippen LogP contribution in [0.25, 0.3) is 11.3 Å². The molecule has 8 nitrogen and oxygen atoms in total. The predicted octanol–water partition coefficient (Wildman–Crippen LogP) is 3.08. The van der Waals surface area contributed by atoms with Gasteiger partial charge in [-0.25, -0.2) is 12.8 Å². The molecule has 33 heavy (non-hydrogen) atoms. The molecule has 0 spiro atoms. The van der Waals surface area contributed by atoms with Crippen molar-refractivity contribution in [1.29, 1.82) is 0 Å². The Morgan fingerprint density at radius 3 is 2.55 bits per heavy atom. The van der Waals surface area contributed by atoms with Crippen LogP contribution in [0.3, 0.4) is 0 Å². The van der Waals surface area contributed by atoms with E-state index in [-0.39, 0.29) is 29.6 Å². The highest BCUT2D eigenvalue weighted by molar-refractivity contribution is 7.91. The quantitative estimate of drug-likeness (QED) is 0.563. The molecule has 1 fully saturated rings. The fraction of sp³-hybridized carbons (Fsp3) is 0.304. The molecule has 1 atom stereocenters. The van der Waals surface area contributed by atoms with Gasteiger partial charge in [0.15, 0.2) is 32.8 Å². The fourth-order valence-corrected chi connectivity index (χ4v) is 5.76. The van der Waals surface area contributed by atoms with Gasteiger partial charge in [0.1, 0.15) is 19.0 Å². The summed E-state index contributed by atoms with van der Waals surface area (Å²) < 4.78 is 54.0. The Bertz CT molecular complexity index is 1290. The number of carbonyl (C=O) groups is 1. The highest BCUT2D eigenvalue weighted by Crippen LogP contribution is 2.35. The summed E-state index contributed by atoms with van der Waals surface area (Å²) in [4.78, 5) is 14.9. The number of fused-ring (bicyclic) bond motifs is 1. The van der Waals surface area contributed by atoms with Crippen molar-refractivity contribution in [3.05, 3.63) is 65.6 Å². The summed E-state index contributed by atoms with van der Waals surface area (Å²) in [7, 11) is -3.23. The largest absolute Gasteiger partial charge is 0.486 e. The standard InChI is InChI=1S/C23H21FN2O6S/c24-17-4-1-15(2-5-17)13-26(18-7-10-33(28,29)14-18)23(27)19-12-21(32-25-19)16-3-6-20-22(11-16)31-9-8-30-20/h1-6,11-12,18H,7-10,13-14H2. The van der Waals surface area contributed by atoms with Crippen LogP contribution < -0.4 is 9.47 Å². The zero-order valence-electron chi connectivity index (χ0n) is 17.6. The lowest BCUT2D eigenvalue weighted by molar-refractivity contribution is 0.0670. The lowest BCUT2D eigenvalue weighted by atomic mass is 10.1. The highest BCUT2D eigenvalue weighted by atomic mass is 32.2. The number of carbonyl (C=O) groups excluding carboxylic acids is 1. The molecule has 2 aliphatic heterocycles. The SMILES string of the molecule is O=C(c1cc(-c2ccc3c(c2)OCCO3)on1)N(Cc1ccc(F)cc1)C1CCS(=O)(=O)C1. The molecule has 1 aromatic heterocycles. The Kier molecular flexibility index (Phi) is 5.53. The lowest BCUT2D eigenvalue weighted by Crippen LogP contribution is -2.40. The van der Waals surface area contributed by atoms with E-state index >= 15 is 0 Å². The van der Waals surface area contributed by atoms with E-state index in [2.05, 4.69) is 5.16 Å². The molecule has 5 rings (SSSR count). The molecule has 0 bridgehead atoms. The molecule has 0 aliphatic carbocycles. The number of sulfone groups is 1.